The van der Waals surface area contributed by atoms with E-state index in [0.29, 0.717) is 69.5 Å². The maximum atomic E-state index is 15.0. The molecular weight excluding hydrogens is 1000 g/mol. The first kappa shape index (κ1) is 58.3. The fraction of sp³-hybridized carbons (Fsp3) is 0.391. The van der Waals surface area contributed by atoms with Crippen LogP contribution < -0.4 is 9.80 Å². The van der Waals surface area contributed by atoms with Gasteiger partial charge in [0.15, 0.2) is 6.10 Å². The van der Waals surface area contributed by atoms with E-state index in [-0.39, 0.29) is 63.5 Å². The highest BCUT2D eigenvalue weighted by molar-refractivity contribution is 5.91. The molecular formula is C46H56Cl2F2N14O9. The zero-order valence-electron chi connectivity index (χ0n) is 40.7. The highest BCUT2D eigenvalue weighted by atomic mass is 35.5. The second kappa shape index (κ2) is 27.5. The first-order chi connectivity index (χ1) is 34.0. The summed E-state index contributed by atoms with van der Waals surface area (Å²) in [7, 11) is 11.0. The van der Waals surface area contributed by atoms with Crippen LogP contribution in [-0.4, -0.2) is 174 Å². The highest BCUT2D eigenvalue weighted by Crippen LogP contribution is 2.31. The number of halogens is 4. The van der Waals surface area contributed by atoms with Crippen LogP contribution in [0.1, 0.15) is 25.7 Å². The first-order valence-electron chi connectivity index (χ1n) is 22.2. The predicted molar refractivity (Wildman–Crippen MR) is 266 cm³/mol. The number of aromatic nitrogens is 10. The number of carboxylic acid groups (broad SMARTS) is 1. The summed E-state index contributed by atoms with van der Waals surface area (Å²) in [5.41, 5.74) is 3.57. The van der Waals surface area contributed by atoms with Crippen molar-refractivity contribution in [2.24, 2.45) is 14.1 Å². The number of tetrazole rings is 2. The molecule has 27 heteroatoms. The fourth-order valence-electron chi connectivity index (χ4n) is 6.95. The third-order valence-electron chi connectivity index (χ3n) is 10.5. The summed E-state index contributed by atoms with van der Waals surface area (Å²) in [5.74, 6) is -1.32. The minimum atomic E-state index is -0.711. The number of benzene rings is 2. The van der Waals surface area contributed by atoms with Gasteiger partial charge in [0, 0.05) is 47.5 Å². The smallest absolute Gasteiger partial charge is 0.414 e. The van der Waals surface area contributed by atoms with Gasteiger partial charge in [-0.05, 0) is 113 Å². The molecule has 6 heterocycles. The van der Waals surface area contributed by atoms with Crippen LogP contribution >= 0.6 is 24.8 Å². The Bertz CT molecular complexity index is 2770. The number of rotatable bonds is 17. The zero-order valence-corrected chi connectivity index (χ0v) is 42.4. The number of hydrogen-bond acceptors (Lipinski definition) is 18. The van der Waals surface area contributed by atoms with Crippen LogP contribution in [0.5, 0.6) is 0 Å². The fourth-order valence-corrected chi connectivity index (χ4v) is 6.95. The van der Waals surface area contributed by atoms with E-state index < -0.39 is 42.0 Å². The molecule has 2 atom stereocenters. The van der Waals surface area contributed by atoms with Crippen LogP contribution in [0.2, 0.25) is 0 Å². The number of ether oxygens (including phenoxy) is 3. The first-order valence-corrected chi connectivity index (χ1v) is 22.2. The molecule has 2 aromatic carbocycles. The normalized spacial score (nSPS) is 14.8. The second-order valence-electron chi connectivity index (χ2n) is 16.7. The Morgan fingerprint density at radius 2 is 1.15 bits per heavy atom. The average Bonchev–Trinajstić information content (AvgIpc) is 4.15. The van der Waals surface area contributed by atoms with Gasteiger partial charge >= 0.3 is 24.1 Å². The Kier molecular flexibility index (Phi) is 21.9. The standard InChI is InChI=1S/C23H26FN7O4.C17H15FN6O3.C6H13NO2.2ClH/c1-29(2)10-4-5-21(32)34-14-17-13-31(23(33)35-17)16-7-8-18(19(24)11-16)15-6-9-20(25-12-15)22-26-28-30(3)27-22;1-23-21-16(20-22-23)15-5-2-10(7-19-15)13-4-3-11(6-14(13)18)24-8-12(9-25)27-17(24)26;1-7(2)5-3-4-6(8)9;;/h6-9,11-12,17H,4-5,10,13-14H2,1-3H3;2-7,12,25H,8-9H2,1H3;3-5H2,1-2H3,(H,8,9);2*1H/t17-;12-;;;/m11.../s1. The summed E-state index contributed by atoms with van der Waals surface area (Å²) >= 11 is 0. The lowest BCUT2D eigenvalue weighted by atomic mass is 10.1. The Hall–Kier alpha value is -7.32. The lowest BCUT2D eigenvalue weighted by molar-refractivity contribution is -0.146. The van der Waals surface area contributed by atoms with E-state index in [9.17, 15) is 28.0 Å². The van der Waals surface area contributed by atoms with Crippen molar-refractivity contribution in [2.45, 2.75) is 37.9 Å². The van der Waals surface area contributed by atoms with Crippen LogP contribution in [0.3, 0.4) is 0 Å². The van der Waals surface area contributed by atoms with Crippen LogP contribution in [-0.2, 0) is 37.9 Å². The largest absolute Gasteiger partial charge is 0.481 e. The minimum Gasteiger partial charge on any atom is -0.481 e. The lowest BCUT2D eigenvalue weighted by Crippen LogP contribution is -2.26. The van der Waals surface area contributed by atoms with E-state index >= 15 is 0 Å². The molecule has 0 saturated carbocycles. The summed E-state index contributed by atoms with van der Waals surface area (Å²) in [6, 6.07) is 15.7. The maximum Gasteiger partial charge on any atom is 0.414 e. The quantitative estimate of drug-likeness (QED) is 0.0905. The van der Waals surface area contributed by atoms with Crippen molar-refractivity contribution in [3.8, 4) is 45.3 Å². The van der Waals surface area contributed by atoms with E-state index in [1.807, 2.05) is 38.0 Å². The SMILES string of the molecule is CN(C)CCCC(=O)O.CN(C)CCCC(=O)OC[C@H]1CN(c2ccc(-c3ccc(-c4nnn(C)n4)nc3)c(F)c2)C(=O)O1.Cl.Cl.Cn1nnc(-c2ccc(-c3ccc(N4C[C@H](CO)OC4=O)cc3F)cn2)n1. The van der Waals surface area contributed by atoms with E-state index in [0.717, 1.165) is 19.5 Å². The summed E-state index contributed by atoms with van der Waals surface area (Å²) in [4.78, 5) is 63.7. The number of carbonyl (C=O) groups excluding carboxylic acids is 3. The Labute approximate surface area is 430 Å². The number of esters is 1. The van der Waals surface area contributed by atoms with Crippen molar-refractivity contribution < 1.29 is 52.4 Å². The molecule has 2 aliphatic rings. The average molecular weight is 1060 g/mol. The number of amides is 2. The monoisotopic (exact) mass is 1060 g/mol. The van der Waals surface area contributed by atoms with Gasteiger partial charge in [0.05, 0.1) is 45.2 Å². The second-order valence-corrected chi connectivity index (χ2v) is 16.7. The molecule has 0 aliphatic carbocycles. The maximum absolute atomic E-state index is 15.0. The van der Waals surface area contributed by atoms with Crippen molar-refractivity contribution >= 4 is 60.3 Å². The Balaban J connectivity index is 0.000000270. The number of cyclic esters (lactones) is 2. The van der Waals surface area contributed by atoms with Crippen molar-refractivity contribution in [3.05, 3.63) is 84.7 Å². The van der Waals surface area contributed by atoms with Gasteiger partial charge in [-0.15, -0.1) is 45.2 Å². The van der Waals surface area contributed by atoms with Crippen molar-refractivity contribution in [1.82, 2.24) is 60.2 Å². The number of pyridine rings is 2. The molecule has 2 aliphatic heterocycles. The third-order valence-corrected chi connectivity index (χ3v) is 10.5. The number of carboxylic acids is 1. The van der Waals surface area contributed by atoms with Crippen molar-refractivity contribution in [1.29, 1.82) is 0 Å². The van der Waals surface area contributed by atoms with Crippen LogP contribution in [0.25, 0.3) is 45.3 Å². The van der Waals surface area contributed by atoms with Gasteiger partial charge in [0.25, 0.3) is 0 Å². The molecule has 392 valence electrons. The van der Waals surface area contributed by atoms with Crippen molar-refractivity contribution in [3.63, 3.8) is 0 Å². The number of hydrogen-bond donors (Lipinski definition) is 2. The molecule has 6 aromatic rings. The number of aliphatic hydroxyl groups excluding tert-OH is 1. The van der Waals surface area contributed by atoms with Gasteiger partial charge in [-0.1, -0.05) is 12.1 Å². The van der Waals surface area contributed by atoms with Gasteiger partial charge in [-0.2, -0.15) is 9.59 Å². The third kappa shape index (κ3) is 16.6. The van der Waals surface area contributed by atoms with E-state index in [1.165, 1.54) is 43.9 Å². The molecule has 2 saturated heterocycles. The summed E-state index contributed by atoms with van der Waals surface area (Å²) < 4.78 is 45.1. The molecule has 0 spiro atoms. The Morgan fingerprint density at radius 3 is 1.52 bits per heavy atom. The van der Waals surface area contributed by atoms with Gasteiger partial charge in [-0.25, -0.2) is 18.4 Å². The Morgan fingerprint density at radius 1 is 0.699 bits per heavy atom. The molecule has 2 fully saturated rings. The molecule has 2 amide bonds. The molecule has 0 radical (unpaired) electrons. The van der Waals surface area contributed by atoms with E-state index in [2.05, 4.69) is 40.8 Å². The summed E-state index contributed by atoms with van der Waals surface area (Å²) in [5, 5.41) is 40.8. The van der Waals surface area contributed by atoms with Gasteiger partial charge in [-0.3, -0.25) is 29.4 Å². The molecule has 2 N–H and O–H groups in total. The van der Waals surface area contributed by atoms with E-state index in [4.69, 9.17) is 24.4 Å². The minimum absolute atomic E-state index is 0. The molecule has 8 rings (SSSR count). The lowest BCUT2D eigenvalue weighted by Gasteiger charge is -2.14. The predicted octanol–water partition coefficient (Wildman–Crippen LogP) is 4.94. The summed E-state index contributed by atoms with van der Waals surface area (Å²) in [6.07, 6.45) is 2.59. The van der Waals surface area contributed by atoms with Gasteiger partial charge in [0.1, 0.15) is 35.7 Å². The number of nitrogens with zero attached hydrogens (tertiary/aromatic N) is 14. The van der Waals surface area contributed by atoms with Crippen molar-refractivity contribution in [2.75, 3.05) is 77.4 Å². The molecule has 0 bridgehead atoms. The van der Waals surface area contributed by atoms with Crippen LogP contribution in [0.15, 0.2) is 73.1 Å². The summed E-state index contributed by atoms with van der Waals surface area (Å²) in [6.45, 7) is 1.65. The van der Waals surface area contributed by atoms with Gasteiger partial charge < -0.3 is 34.2 Å². The van der Waals surface area contributed by atoms with Gasteiger partial charge in [0.2, 0.25) is 11.6 Å². The topological polar surface area (TPSA) is 262 Å². The number of aliphatic carboxylic acids is 1. The number of anilines is 2. The molecule has 0 unspecified atom stereocenters. The number of aryl methyl sites for hydroxylation is 2. The van der Waals surface area contributed by atoms with E-state index in [1.54, 1.807) is 62.6 Å². The number of carbonyl (C=O) groups is 4. The zero-order chi connectivity index (χ0) is 51.2. The highest BCUT2D eigenvalue weighted by Gasteiger charge is 2.34. The molecule has 23 nitrogen and oxygen atoms in total. The molecule has 73 heavy (non-hydrogen) atoms. The van der Waals surface area contributed by atoms with Crippen LogP contribution in [0, 0.1) is 11.6 Å². The number of aliphatic hydroxyl groups is 1. The van der Waals surface area contributed by atoms with Crippen LogP contribution in [0.4, 0.5) is 29.7 Å². The molecule has 4 aromatic heterocycles.